The number of fused-ring (bicyclic) bond motifs is 2. The number of unbranched alkanes of at least 4 members (excludes halogenated alkanes) is 6. The van der Waals surface area contributed by atoms with Crippen LogP contribution in [0.25, 0.3) is 34.4 Å². The summed E-state index contributed by atoms with van der Waals surface area (Å²) in [6, 6.07) is 36.3. The molecule has 0 saturated heterocycles. The Morgan fingerprint density at radius 3 is 1.27 bits per heavy atom. The SMILES string of the molecule is CCCCCCc1ccc(-c2cccc3c2C=C(CCC)C3C[SiH]([Zr])CC2C(CCC)=Cc3c(-c4ccc(CCCCCC)cc4)cccc32)cc1. The number of aryl methyl sites for hydroxylation is 2. The molecule has 0 saturated carbocycles. The fourth-order valence-corrected chi connectivity index (χ4v) is 15.0. The molecule has 2 atom stereocenters. The summed E-state index contributed by atoms with van der Waals surface area (Å²) in [4.78, 5) is 0. The third-order valence-corrected chi connectivity index (χ3v) is 17.4. The van der Waals surface area contributed by atoms with Crippen molar-refractivity contribution >= 4 is 18.1 Å². The van der Waals surface area contributed by atoms with Crippen molar-refractivity contribution in [1.82, 2.24) is 0 Å². The van der Waals surface area contributed by atoms with Crippen LogP contribution in [0.5, 0.6) is 0 Å². The van der Waals surface area contributed by atoms with Crippen molar-refractivity contribution in [1.29, 1.82) is 0 Å². The number of hydrogen-bond acceptors (Lipinski definition) is 0. The number of rotatable bonds is 20. The Bertz CT molecular complexity index is 1660. The average molecular weight is 783 g/mol. The minimum absolute atomic E-state index is 0.606. The van der Waals surface area contributed by atoms with Gasteiger partial charge in [-0.15, -0.1) is 0 Å². The van der Waals surface area contributed by atoms with E-state index in [0.29, 0.717) is 11.8 Å². The van der Waals surface area contributed by atoms with Gasteiger partial charge in [-0.25, -0.2) is 0 Å². The van der Waals surface area contributed by atoms with E-state index in [4.69, 9.17) is 0 Å². The predicted octanol–water partition coefficient (Wildman–Crippen LogP) is 14.8. The first-order valence-electron chi connectivity index (χ1n) is 21.1. The standard InChI is InChI=1S/C50H63Si.Zr/c1-5-9-11-13-19-37-25-29-39(30-26-37)43-21-15-23-45-47(43)33-41(17-7-3)49(45)35-51-36-50-42(18-8-4)34-48-44(22-16-24-46(48)50)40-31-27-38(28-32-40)20-14-12-10-6-2;/h15-16,21-34,49-51H,5-14,17-20,35-36H2,1-4H3;. The molecule has 4 aromatic rings. The Balaban J connectivity index is 1.19. The molecule has 0 amide bonds. The fraction of sp³-hybridized carbons (Fsp3) is 0.440. The van der Waals surface area contributed by atoms with Gasteiger partial charge in [0.05, 0.1) is 0 Å². The molecule has 0 heterocycles. The third-order valence-electron chi connectivity index (χ3n) is 11.9. The molecule has 4 aromatic carbocycles. The molecule has 0 radical (unpaired) electrons. The van der Waals surface area contributed by atoms with Crippen molar-refractivity contribution in [3.8, 4) is 22.3 Å². The summed E-state index contributed by atoms with van der Waals surface area (Å²) in [6.45, 7) is 9.32. The Kier molecular flexibility index (Phi) is 14.8. The number of allylic oxidation sites excluding steroid dienone is 2. The van der Waals surface area contributed by atoms with Gasteiger partial charge >= 0.3 is 283 Å². The van der Waals surface area contributed by atoms with Gasteiger partial charge in [0.15, 0.2) is 0 Å². The van der Waals surface area contributed by atoms with Crippen LogP contribution in [0.4, 0.5) is 0 Å². The zero-order chi connectivity index (χ0) is 36.3. The first kappa shape index (κ1) is 39.2. The molecule has 0 nitrogen and oxygen atoms in total. The molecular weight excluding hydrogens is 720 g/mol. The normalized spacial score (nSPS) is 16.8. The maximum absolute atomic E-state index is 2.62. The summed E-state index contributed by atoms with van der Waals surface area (Å²) >= 11 is 1.83. The van der Waals surface area contributed by atoms with E-state index in [1.54, 1.807) is 22.3 Å². The van der Waals surface area contributed by atoms with Crippen LogP contribution in [0.3, 0.4) is 0 Å². The van der Waals surface area contributed by atoms with E-state index in [1.807, 2.05) is 23.9 Å². The minimum atomic E-state index is -0.971. The average Bonchev–Trinajstić information content (AvgIpc) is 3.69. The van der Waals surface area contributed by atoms with Gasteiger partial charge in [0.1, 0.15) is 0 Å². The van der Waals surface area contributed by atoms with E-state index in [-0.39, 0.29) is 0 Å². The van der Waals surface area contributed by atoms with Gasteiger partial charge in [0.25, 0.3) is 0 Å². The second-order valence-corrected chi connectivity index (χ2v) is 24.2. The van der Waals surface area contributed by atoms with Crippen LogP contribution >= 0.6 is 0 Å². The van der Waals surface area contributed by atoms with Gasteiger partial charge < -0.3 is 0 Å². The summed E-state index contributed by atoms with van der Waals surface area (Å²) in [6.07, 6.45) is 23.1. The van der Waals surface area contributed by atoms with Crippen LogP contribution in [0.1, 0.15) is 150 Å². The number of benzene rings is 4. The summed E-state index contributed by atoms with van der Waals surface area (Å²) in [5.41, 5.74) is 18.2. The van der Waals surface area contributed by atoms with Gasteiger partial charge in [-0.05, 0) is 0 Å². The monoisotopic (exact) mass is 781 g/mol. The van der Waals surface area contributed by atoms with Crippen molar-refractivity contribution in [3.63, 3.8) is 0 Å². The summed E-state index contributed by atoms with van der Waals surface area (Å²) in [5, 5.41) is 0. The van der Waals surface area contributed by atoms with E-state index in [0.717, 1.165) is 0 Å². The van der Waals surface area contributed by atoms with E-state index >= 15 is 0 Å². The third kappa shape index (κ3) is 9.57. The van der Waals surface area contributed by atoms with Crippen molar-refractivity contribution in [3.05, 3.63) is 129 Å². The van der Waals surface area contributed by atoms with Crippen LogP contribution < -0.4 is 0 Å². The summed E-state index contributed by atoms with van der Waals surface area (Å²) in [5.74, 6) is 0.242. The zero-order valence-electron chi connectivity index (χ0n) is 32.8. The quantitative estimate of drug-likeness (QED) is 0.0619. The maximum atomic E-state index is 2.62. The summed E-state index contributed by atoms with van der Waals surface area (Å²) < 4.78 is 0. The van der Waals surface area contributed by atoms with Gasteiger partial charge in [-0.2, -0.15) is 0 Å². The predicted molar refractivity (Wildman–Crippen MR) is 227 cm³/mol. The van der Waals surface area contributed by atoms with Crippen LogP contribution in [0, 0.1) is 0 Å². The molecular formula is C50H63SiZr. The molecule has 2 unspecified atom stereocenters. The van der Waals surface area contributed by atoms with E-state index in [9.17, 15) is 0 Å². The Hall–Kier alpha value is -2.54. The molecule has 0 aromatic heterocycles. The summed E-state index contributed by atoms with van der Waals surface area (Å²) in [7, 11) is 0. The fourth-order valence-electron chi connectivity index (χ4n) is 9.08. The second kappa shape index (κ2) is 19.7. The molecule has 52 heavy (non-hydrogen) atoms. The van der Waals surface area contributed by atoms with Gasteiger partial charge in [0.2, 0.25) is 0 Å². The molecule has 271 valence electrons. The van der Waals surface area contributed by atoms with Crippen LogP contribution in [0.2, 0.25) is 12.1 Å². The Morgan fingerprint density at radius 2 is 0.885 bits per heavy atom. The van der Waals surface area contributed by atoms with Crippen LogP contribution in [0.15, 0.2) is 96.1 Å². The van der Waals surface area contributed by atoms with Crippen molar-refractivity contribution in [2.45, 2.75) is 142 Å². The van der Waals surface area contributed by atoms with Gasteiger partial charge in [0, 0.05) is 0 Å². The molecule has 2 heteroatoms. The molecule has 0 bridgehead atoms. The Morgan fingerprint density at radius 1 is 0.462 bits per heavy atom. The number of hydrogen-bond donors (Lipinski definition) is 0. The van der Waals surface area contributed by atoms with E-state index < -0.39 is 5.92 Å². The molecule has 0 N–H and O–H groups in total. The molecule has 0 aliphatic heterocycles. The molecule has 0 spiro atoms. The molecule has 2 aliphatic carbocycles. The first-order valence-corrected chi connectivity index (χ1v) is 27.6. The van der Waals surface area contributed by atoms with Crippen LogP contribution in [-0.4, -0.2) is 5.92 Å². The molecule has 2 aliphatic rings. The van der Waals surface area contributed by atoms with Crippen molar-refractivity contribution in [2.75, 3.05) is 0 Å². The van der Waals surface area contributed by atoms with Crippen molar-refractivity contribution in [2.24, 2.45) is 0 Å². The topological polar surface area (TPSA) is 0 Å². The van der Waals surface area contributed by atoms with Gasteiger partial charge in [-0.3, -0.25) is 0 Å². The zero-order valence-corrected chi connectivity index (χ0v) is 36.4. The second-order valence-electron chi connectivity index (χ2n) is 15.8. The van der Waals surface area contributed by atoms with Gasteiger partial charge in [-0.1, -0.05) is 52.4 Å². The van der Waals surface area contributed by atoms with E-state index in [2.05, 4.69) is 125 Å². The van der Waals surface area contributed by atoms with E-state index in [1.165, 1.54) is 146 Å². The molecule has 6 rings (SSSR count). The Labute approximate surface area is 333 Å². The van der Waals surface area contributed by atoms with Crippen LogP contribution in [-0.2, 0) is 36.7 Å². The first-order chi connectivity index (χ1) is 25.5. The molecule has 0 fully saturated rings. The van der Waals surface area contributed by atoms with Crippen molar-refractivity contribution < 1.29 is 23.9 Å².